The summed E-state index contributed by atoms with van der Waals surface area (Å²) < 4.78 is 20.4. The average molecular weight is 550 g/mol. The van der Waals surface area contributed by atoms with E-state index in [1.165, 1.54) is 12.1 Å². The van der Waals surface area contributed by atoms with E-state index in [-0.39, 0.29) is 5.82 Å². The number of likely N-dealkylation sites (N-methyl/N-ethyl adjacent to an activating group) is 1. The molecule has 41 heavy (non-hydrogen) atoms. The van der Waals surface area contributed by atoms with Crippen molar-refractivity contribution in [3.05, 3.63) is 79.0 Å². The number of rotatable bonds is 9. The summed E-state index contributed by atoms with van der Waals surface area (Å²) in [6, 6.07) is 17.3. The van der Waals surface area contributed by atoms with Crippen LogP contribution in [0.3, 0.4) is 0 Å². The maximum atomic E-state index is 14.6. The van der Waals surface area contributed by atoms with Crippen LogP contribution in [0.5, 0.6) is 5.75 Å². The molecule has 0 radical (unpaired) electrons. The first-order valence-electron chi connectivity index (χ1n) is 13.6. The summed E-state index contributed by atoms with van der Waals surface area (Å²) in [6.07, 6.45) is 5.42. The zero-order valence-corrected chi connectivity index (χ0v) is 23.5. The summed E-state index contributed by atoms with van der Waals surface area (Å²) in [5.41, 5.74) is 7.79. The average Bonchev–Trinajstić information content (AvgIpc) is 3.56. The van der Waals surface area contributed by atoms with Crippen LogP contribution in [0.1, 0.15) is 13.8 Å². The molecule has 4 heterocycles. The van der Waals surface area contributed by atoms with Crippen molar-refractivity contribution >= 4 is 27.5 Å². The third-order valence-corrected chi connectivity index (χ3v) is 6.84. The Morgan fingerprint density at radius 3 is 2.59 bits per heavy atom. The Bertz CT molecular complexity index is 1840. The van der Waals surface area contributed by atoms with Crippen molar-refractivity contribution in [3.63, 3.8) is 0 Å². The number of pyridine rings is 2. The number of nitrogens with zero attached hydrogens (tertiary/aromatic N) is 4. The van der Waals surface area contributed by atoms with Crippen molar-refractivity contribution < 1.29 is 9.13 Å². The van der Waals surface area contributed by atoms with Gasteiger partial charge in [-0.15, -0.1) is 0 Å². The molecule has 0 saturated carbocycles. The van der Waals surface area contributed by atoms with Gasteiger partial charge in [-0.2, -0.15) is 5.10 Å². The number of fused-ring (bicyclic) bond motifs is 2. The maximum absolute atomic E-state index is 14.6. The fourth-order valence-electron chi connectivity index (χ4n) is 4.95. The number of hydrogen-bond acceptors (Lipinski definition) is 6. The molecule has 6 rings (SSSR count). The molecular weight excluding hydrogens is 517 g/mol. The third-order valence-electron chi connectivity index (χ3n) is 6.84. The van der Waals surface area contributed by atoms with Crippen LogP contribution in [0.2, 0.25) is 0 Å². The van der Waals surface area contributed by atoms with Gasteiger partial charge in [-0.25, -0.2) is 4.39 Å². The molecule has 0 atom stereocenters. The molecule has 3 N–H and O–H groups in total. The van der Waals surface area contributed by atoms with Crippen LogP contribution < -0.4 is 10.1 Å². The van der Waals surface area contributed by atoms with Crippen LogP contribution >= 0.6 is 0 Å². The van der Waals surface area contributed by atoms with Gasteiger partial charge in [0.05, 0.1) is 22.6 Å². The smallest absolute Gasteiger partial charge is 0.127 e. The van der Waals surface area contributed by atoms with Gasteiger partial charge in [0.15, 0.2) is 0 Å². The lowest BCUT2D eigenvalue weighted by Crippen LogP contribution is -2.19. The van der Waals surface area contributed by atoms with Gasteiger partial charge in [0.25, 0.3) is 0 Å². The first-order chi connectivity index (χ1) is 19.8. The number of benzene rings is 2. The minimum atomic E-state index is -0.370. The summed E-state index contributed by atoms with van der Waals surface area (Å²) in [7, 11) is 3.94. The van der Waals surface area contributed by atoms with Crippen LogP contribution in [0.25, 0.3) is 55.6 Å². The molecule has 0 amide bonds. The van der Waals surface area contributed by atoms with Crippen LogP contribution in [0, 0.1) is 5.82 Å². The number of H-pyrrole nitrogens is 2. The van der Waals surface area contributed by atoms with Crippen molar-refractivity contribution in [2.45, 2.75) is 19.9 Å². The molecular formula is C32H32FN7O. The van der Waals surface area contributed by atoms with E-state index in [1.807, 2.05) is 55.7 Å². The van der Waals surface area contributed by atoms with Crippen molar-refractivity contribution in [1.82, 2.24) is 30.0 Å². The Kier molecular flexibility index (Phi) is 7.11. The zero-order valence-electron chi connectivity index (χ0n) is 23.5. The quantitative estimate of drug-likeness (QED) is 0.185. The maximum Gasteiger partial charge on any atom is 0.127 e. The van der Waals surface area contributed by atoms with E-state index in [0.717, 1.165) is 56.6 Å². The van der Waals surface area contributed by atoms with Gasteiger partial charge in [-0.05, 0) is 76.0 Å². The summed E-state index contributed by atoms with van der Waals surface area (Å²) in [5, 5.41) is 13.1. The minimum absolute atomic E-state index is 0.311. The lowest BCUT2D eigenvalue weighted by atomic mass is 10.0. The summed E-state index contributed by atoms with van der Waals surface area (Å²) in [4.78, 5) is 14.6. The van der Waals surface area contributed by atoms with Gasteiger partial charge in [-0.3, -0.25) is 15.1 Å². The van der Waals surface area contributed by atoms with Crippen molar-refractivity contribution in [2.75, 3.05) is 32.6 Å². The van der Waals surface area contributed by atoms with Crippen LogP contribution in [0.4, 0.5) is 10.1 Å². The van der Waals surface area contributed by atoms with E-state index in [0.29, 0.717) is 29.7 Å². The van der Waals surface area contributed by atoms with Crippen LogP contribution in [0.15, 0.2) is 73.2 Å². The number of anilines is 1. The second-order valence-electron chi connectivity index (χ2n) is 10.7. The largest absolute Gasteiger partial charge is 0.492 e. The standard InChI is InChI=1S/C32H32FN7O/c1-19(2)36-24-12-22(17-34-18-24)20-5-6-29-26(14-20)32(39-38-29)30-16-27-28(37-30)7-8-35-31(27)21-11-23(33)15-25(13-21)41-10-9-40(3)4/h5-8,11-19,36-37H,9-10H2,1-4H3,(H,38,39). The van der Waals surface area contributed by atoms with E-state index in [2.05, 4.69) is 62.5 Å². The number of aromatic nitrogens is 5. The fraction of sp³-hybridized carbons (Fsp3) is 0.219. The van der Waals surface area contributed by atoms with Gasteiger partial charge >= 0.3 is 0 Å². The molecule has 0 bridgehead atoms. The van der Waals surface area contributed by atoms with E-state index < -0.39 is 0 Å². The monoisotopic (exact) mass is 549 g/mol. The van der Waals surface area contributed by atoms with E-state index >= 15 is 0 Å². The molecule has 0 saturated heterocycles. The van der Waals surface area contributed by atoms with Crippen LogP contribution in [-0.2, 0) is 0 Å². The normalized spacial score (nSPS) is 11.7. The predicted octanol–water partition coefficient (Wildman–Crippen LogP) is 6.74. The molecule has 8 nitrogen and oxygen atoms in total. The van der Waals surface area contributed by atoms with Crippen molar-refractivity contribution in [3.8, 4) is 39.5 Å². The van der Waals surface area contributed by atoms with Gasteiger partial charge in [0, 0.05) is 64.7 Å². The van der Waals surface area contributed by atoms with Gasteiger partial charge in [-0.1, -0.05) is 6.07 Å². The molecule has 0 aliphatic heterocycles. The van der Waals surface area contributed by atoms with Crippen molar-refractivity contribution in [1.29, 1.82) is 0 Å². The Balaban J connectivity index is 1.37. The SMILES string of the molecule is CC(C)Nc1cncc(-c2ccc3[nH]nc(-c4cc5c(-c6cc(F)cc(OCCN(C)C)c6)nccc5[nH]4)c3c2)c1. The number of halogens is 1. The van der Waals surface area contributed by atoms with E-state index in [9.17, 15) is 4.39 Å². The lowest BCUT2D eigenvalue weighted by Gasteiger charge is -2.12. The first-order valence-corrected chi connectivity index (χ1v) is 13.6. The number of nitrogens with one attached hydrogen (secondary N) is 3. The molecule has 208 valence electrons. The first kappa shape index (κ1) is 26.5. The molecule has 0 aliphatic rings. The second kappa shape index (κ2) is 11.0. The highest BCUT2D eigenvalue weighted by Gasteiger charge is 2.16. The Labute approximate surface area is 237 Å². The van der Waals surface area contributed by atoms with E-state index in [4.69, 9.17) is 4.74 Å². The molecule has 4 aromatic heterocycles. The molecule has 0 fully saturated rings. The highest BCUT2D eigenvalue weighted by Crippen LogP contribution is 2.35. The fourth-order valence-corrected chi connectivity index (χ4v) is 4.95. The molecule has 0 spiro atoms. The summed E-state index contributed by atoms with van der Waals surface area (Å²) in [6.45, 7) is 5.40. The van der Waals surface area contributed by atoms with Gasteiger partial charge < -0.3 is 19.9 Å². The zero-order chi connectivity index (χ0) is 28.5. The highest BCUT2D eigenvalue weighted by molar-refractivity contribution is 6.01. The molecule has 2 aromatic carbocycles. The Morgan fingerprint density at radius 2 is 1.76 bits per heavy atom. The highest BCUT2D eigenvalue weighted by atomic mass is 19.1. The molecule has 6 aromatic rings. The lowest BCUT2D eigenvalue weighted by molar-refractivity contribution is 0.260. The van der Waals surface area contributed by atoms with Gasteiger partial charge in [0.1, 0.15) is 23.9 Å². The molecule has 0 aliphatic carbocycles. The molecule has 9 heteroatoms. The summed E-state index contributed by atoms with van der Waals surface area (Å²) >= 11 is 0. The minimum Gasteiger partial charge on any atom is -0.492 e. The van der Waals surface area contributed by atoms with E-state index in [1.54, 1.807) is 6.20 Å². The number of aromatic amines is 2. The summed E-state index contributed by atoms with van der Waals surface area (Å²) in [5.74, 6) is 0.106. The van der Waals surface area contributed by atoms with Gasteiger partial charge in [0.2, 0.25) is 0 Å². The molecule has 0 unspecified atom stereocenters. The second-order valence-corrected chi connectivity index (χ2v) is 10.7. The number of ether oxygens (including phenoxy) is 1. The number of hydrogen-bond donors (Lipinski definition) is 3. The van der Waals surface area contributed by atoms with Crippen LogP contribution in [-0.4, -0.2) is 63.3 Å². The third kappa shape index (κ3) is 5.62. The topological polar surface area (TPSA) is 94.8 Å². The predicted molar refractivity (Wildman–Crippen MR) is 163 cm³/mol. The van der Waals surface area contributed by atoms with Crippen molar-refractivity contribution in [2.24, 2.45) is 0 Å². The Hall–Kier alpha value is -4.76. The Morgan fingerprint density at radius 1 is 0.902 bits per heavy atom.